The molecule has 0 aliphatic rings. The fourth-order valence-corrected chi connectivity index (χ4v) is 1.56. The van der Waals surface area contributed by atoms with Crippen molar-refractivity contribution in [2.75, 3.05) is 0 Å². The molecule has 0 spiro atoms. The predicted octanol–water partition coefficient (Wildman–Crippen LogP) is 3.36. The van der Waals surface area contributed by atoms with Gasteiger partial charge in [0.25, 0.3) is 0 Å². The minimum atomic E-state index is 0.555. The molecule has 2 nitrogen and oxygen atoms in total. The lowest BCUT2D eigenvalue weighted by Gasteiger charge is -1.98. The Morgan fingerprint density at radius 3 is 2.50 bits per heavy atom. The molecule has 0 unspecified atom stereocenters. The van der Waals surface area contributed by atoms with Crippen LogP contribution in [0.1, 0.15) is 16.7 Å². The summed E-state index contributed by atoms with van der Waals surface area (Å²) in [5, 5.41) is 0. The molecule has 0 aliphatic heterocycles. The van der Waals surface area contributed by atoms with E-state index < -0.39 is 0 Å². The van der Waals surface area contributed by atoms with Crippen molar-refractivity contribution in [3.8, 4) is 11.8 Å². The lowest BCUT2D eigenvalue weighted by atomic mass is 10.1. The van der Waals surface area contributed by atoms with Gasteiger partial charge in [0.2, 0.25) is 6.08 Å². The van der Waals surface area contributed by atoms with Gasteiger partial charge in [-0.15, -0.1) is 0 Å². The van der Waals surface area contributed by atoms with E-state index in [1.165, 1.54) is 0 Å². The number of isocyanates is 1. The number of rotatable bonds is 1. The van der Waals surface area contributed by atoms with Gasteiger partial charge in [-0.3, -0.25) is 0 Å². The molecule has 0 saturated heterocycles. The molecule has 0 saturated carbocycles. The largest absolute Gasteiger partial charge is 0.240 e. The van der Waals surface area contributed by atoms with Crippen LogP contribution in [0.2, 0.25) is 0 Å². The smallest absolute Gasteiger partial charge is 0.211 e. The SMILES string of the molecule is Cc1ccc(N=C=O)c(C#Cc2ccccc2)c1. The van der Waals surface area contributed by atoms with Gasteiger partial charge in [0.1, 0.15) is 0 Å². The second kappa shape index (κ2) is 5.63. The summed E-state index contributed by atoms with van der Waals surface area (Å²) in [7, 11) is 0. The molecule has 0 bridgehead atoms. The maximum Gasteiger partial charge on any atom is 0.240 e. The van der Waals surface area contributed by atoms with E-state index >= 15 is 0 Å². The monoisotopic (exact) mass is 233 g/mol. The zero-order chi connectivity index (χ0) is 12.8. The van der Waals surface area contributed by atoms with Crippen molar-refractivity contribution in [3.63, 3.8) is 0 Å². The standard InChI is InChI=1S/C16H11NO/c1-13-7-10-16(17-12-18)15(11-13)9-8-14-5-3-2-4-6-14/h2-7,10-11H,1H3. The van der Waals surface area contributed by atoms with E-state index in [1.807, 2.05) is 49.4 Å². The van der Waals surface area contributed by atoms with Crippen LogP contribution in [0.4, 0.5) is 5.69 Å². The van der Waals surface area contributed by atoms with Gasteiger partial charge >= 0.3 is 0 Å². The van der Waals surface area contributed by atoms with Crippen LogP contribution in [0.15, 0.2) is 53.5 Å². The number of nitrogens with zero attached hydrogens (tertiary/aromatic N) is 1. The van der Waals surface area contributed by atoms with Crippen LogP contribution in [0.25, 0.3) is 0 Å². The Balaban J connectivity index is 2.43. The second-order valence-electron chi connectivity index (χ2n) is 3.84. The highest BCUT2D eigenvalue weighted by Gasteiger charge is 1.98. The third-order valence-electron chi connectivity index (χ3n) is 2.43. The van der Waals surface area contributed by atoms with Gasteiger partial charge in [-0.1, -0.05) is 36.1 Å². The summed E-state index contributed by atoms with van der Waals surface area (Å²) in [5.41, 5.74) is 3.30. The first-order valence-electron chi connectivity index (χ1n) is 5.55. The number of hydrogen-bond donors (Lipinski definition) is 0. The average Bonchev–Trinajstić information content (AvgIpc) is 2.40. The van der Waals surface area contributed by atoms with E-state index in [1.54, 1.807) is 12.1 Å². The summed E-state index contributed by atoms with van der Waals surface area (Å²) in [6.45, 7) is 1.97. The molecule has 2 rings (SSSR count). The van der Waals surface area contributed by atoms with Crippen LogP contribution in [-0.2, 0) is 4.79 Å². The molecule has 18 heavy (non-hydrogen) atoms. The van der Waals surface area contributed by atoms with Crippen LogP contribution in [-0.4, -0.2) is 6.08 Å². The molecule has 0 aliphatic carbocycles. The van der Waals surface area contributed by atoms with Gasteiger partial charge in [-0.05, 0) is 36.8 Å². The summed E-state index contributed by atoms with van der Waals surface area (Å²) in [6, 6.07) is 15.3. The molecule has 0 amide bonds. The molecule has 0 heterocycles. The first-order valence-corrected chi connectivity index (χ1v) is 5.55. The molecule has 2 heteroatoms. The van der Waals surface area contributed by atoms with E-state index in [-0.39, 0.29) is 0 Å². The number of benzene rings is 2. The molecular weight excluding hydrogens is 222 g/mol. The number of hydrogen-bond acceptors (Lipinski definition) is 2. The normalized spacial score (nSPS) is 8.94. The summed E-state index contributed by atoms with van der Waals surface area (Å²) in [6.07, 6.45) is 1.55. The molecule has 0 N–H and O–H groups in total. The van der Waals surface area contributed by atoms with Crippen molar-refractivity contribution in [2.45, 2.75) is 6.92 Å². The van der Waals surface area contributed by atoms with E-state index in [9.17, 15) is 4.79 Å². The summed E-state index contributed by atoms with van der Waals surface area (Å²) >= 11 is 0. The van der Waals surface area contributed by atoms with Gasteiger partial charge in [-0.25, -0.2) is 4.79 Å². The first-order chi connectivity index (χ1) is 8.79. The molecule has 2 aromatic rings. The zero-order valence-electron chi connectivity index (χ0n) is 9.97. The quantitative estimate of drug-likeness (QED) is 0.422. The Bertz CT molecular complexity index is 656. The van der Waals surface area contributed by atoms with Gasteiger partial charge in [0.05, 0.1) is 11.3 Å². The zero-order valence-corrected chi connectivity index (χ0v) is 9.97. The third kappa shape index (κ3) is 2.95. The number of carbonyl (C=O) groups excluding carboxylic acids is 1. The highest BCUT2D eigenvalue weighted by molar-refractivity contribution is 5.61. The van der Waals surface area contributed by atoms with E-state index in [0.717, 1.165) is 16.7 Å². The van der Waals surface area contributed by atoms with Gasteiger partial charge < -0.3 is 0 Å². The van der Waals surface area contributed by atoms with Crippen molar-refractivity contribution < 1.29 is 4.79 Å². The topological polar surface area (TPSA) is 29.4 Å². The minimum Gasteiger partial charge on any atom is -0.211 e. The van der Waals surface area contributed by atoms with Crippen molar-refractivity contribution in [2.24, 2.45) is 4.99 Å². The van der Waals surface area contributed by atoms with Gasteiger partial charge in [-0.2, -0.15) is 4.99 Å². The molecule has 86 valence electrons. The lowest BCUT2D eigenvalue weighted by Crippen LogP contribution is -1.80. The van der Waals surface area contributed by atoms with E-state index in [0.29, 0.717) is 5.69 Å². The second-order valence-corrected chi connectivity index (χ2v) is 3.84. The van der Waals surface area contributed by atoms with Crippen LogP contribution >= 0.6 is 0 Å². The number of aryl methyl sites for hydroxylation is 1. The fourth-order valence-electron chi connectivity index (χ4n) is 1.56. The highest BCUT2D eigenvalue weighted by Crippen LogP contribution is 2.19. The first kappa shape index (κ1) is 11.9. The maximum atomic E-state index is 10.3. The molecule has 0 aromatic heterocycles. The molecule has 2 aromatic carbocycles. The Morgan fingerprint density at radius 2 is 1.78 bits per heavy atom. The fraction of sp³-hybridized carbons (Fsp3) is 0.0625. The Morgan fingerprint density at radius 1 is 1.00 bits per heavy atom. The molecule has 0 atom stereocenters. The third-order valence-corrected chi connectivity index (χ3v) is 2.43. The van der Waals surface area contributed by atoms with Crippen LogP contribution in [0.5, 0.6) is 0 Å². The average molecular weight is 233 g/mol. The lowest BCUT2D eigenvalue weighted by molar-refractivity contribution is 0.565. The molecule has 0 radical (unpaired) electrons. The maximum absolute atomic E-state index is 10.3. The summed E-state index contributed by atoms with van der Waals surface area (Å²) in [5.74, 6) is 6.08. The Hall–Kier alpha value is -2.62. The van der Waals surface area contributed by atoms with E-state index in [2.05, 4.69) is 16.8 Å². The van der Waals surface area contributed by atoms with Crippen molar-refractivity contribution in [1.29, 1.82) is 0 Å². The van der Waals surface area contributed by atoms with Crippen molar-refractivity contribution in [1.82, 2.24) is 0 Å². The van der Waals surface area contributed by atoms with Gasteiger partial charge in [0.15, 0.2) is 0 Å². The van der Waals surface area contributed by atoms with Crippen molar-refractivity contribution in [3.05, 3.63) is 65.2 Å². The minimum absolute atomic E-state index is 0.555. The van der Waals surface area contributed by atoms with Crippen molar-refractivity contribution >= 4 is 11.8 Å². The highest BCUT2D eigenvalue weighted by atomic mass is 16.1. The van der Waals surface area contributed by atoms with Gasteiger partial charge in [0, 0.05) is 5.56 Å². The van der Waals surface area contributed by atoms with Crippen LogP contribution in [0, 0.1) is 18.8 Å². The predicted molar refractivity (Wildman–Crippen MR) is 71.4 cm³/mol. The van der Waals surface area contributed by atoms with E-state index in [4.69, 9.17) is 0 Å². The van der Waals surface area contributed by atoms with Crippen LogP contribution < -0.4 is 0 Å². The Kier molecular flexibility index (Phi) is 3.71. The Labute approximate surface area is 106 Å². The molecular formula is C16H11NO. The molecule has 0 fully saturated rings. The van der Waals surface area contributed by atoms with Crippen LogP contribution in [0.3, 0.4) is 0 Å². The number of aliphatic imine (C=N–C) groups is 1. The summed E-state index contributed by atoms with van der Waals surface area (Å²) < 4.78 is 0. The summed E-state index contributed by atoms with van der Waals surface area (Å²) in [4.78, 5) is 14.0.